The summed E-state index contributed by atoms with van der Waals surface area (Å²) in [4.78, 5) is 11.9. The van der Waals surface area contributed by atoms with E-state index in [-0.39, 0.29) is 11.4 Å². The van der Waals surface area contributed by atoms with E-state index >= 15 is 0 Å². The summed E-state index contributed by atoms with van der Waals surface area (Å²) in [6.45, 7) is 10.1. The molecule has 0 aliphatic carbocycles. The van der Waals surface area contributed by atoms with Gasteiger partial charge in [-0.2, -0.15) is 0 Å². The zero-order valence-corrected chi connectivity index (χ0v) is 13.0. The molecule has 106 valence electrons. The third-order valence-corrected chi connectivity index (χ3v) is 3.42. The van der Waals surface area contributed by atoms with Gasteiger partial charge >= 0.3 is 5.97 Å². The molecule has 0 bridgehead atoms. The van der Waals surface area contributed by atoms with Crippen LogP contribution >= 0.6 is 0 Å². The maximum atomic E-state index is 11.9. The van der Waals surface area contributed by atoms with E-state index in [4.69, 9.17) is 9.47 Å². The first kappa shape index (κ1) is 15.5. The first-order chi connectivity index (χ1) is 8.64. The fourth-order valence-electron chi connectivity index (χ4n) is 2.06. The van der Waals surface area contributed by atoms with Crippen molar-refractivity contribution in [2.45, 2.75) is 45.4 Å². The van der Waals surface area contributed by atoms with Crippen molar-refractivity contribution in [1.29, 1.82) is 0 Å². The molecule has 0 heterocycles. The monoisotopic (exact) mass is 264 g/mol. The first-order valence-electron chi connectivity index (χ1n) is 6.42. The van der Waals surface area contributed by atoms with E-state index in [1.807, 2.05) is 32.0 Å². The van der Waals surface area contributed by atoms with Crippen LogP contribution in [0.25, 0.3) is 0 Å². The summed E-state index contributed by atoms with van der Waals surface area (Å²) in [5.41, 5.74) is 1.31. The van der Waals surface area contributed by atoms with Crippen LogP contribution in [0.2, 0.25) is 0 Å². The molecule has 0 saturated carbocycles. The number of carbonyl (C=O) groups excluding carboxylic acids is 1. The van der Waals surface area contributed by atoms with E-state index in [1.54, 1.807) is 7.11 Å². The van der Waals surface area contributed by atoms with E-state index in [2.05, 4.69) is 20.8 Å². The molecule has 0 saturated heterocycles. The smallest absolute Gasteiger partial charge is 0.315 e. The van der Waals surface area contributed by atoms with Gasteiger partial charge in [0.2, 0.25) is 0 Å². The van der Waals surface area contributed by atoms with Gasteiger partial charge in [0.1, 0.15) is 5.75 Å². The minimum atomic E-state index is -0.666. The van der Waals surface area contributed by atoms with Gasteiger partial charge in [0.25, 0.3) is 0 Å². The Balaban J connectivity index is 3.38. The fraction of sp³-hybridized carbons (Fsp3) is 0.562. The average Bonchev–Trinajstić information content (AvgIpc) is 2.35. The highest BCUT2D eigenvalue weighted by atomic mass is 16.5. The number of rotatable bonds is 3. The maximum Gasteiger partial charge on any atom is 0.315 e. The highest BCUT2D eigenvalue weighted by molar-refractivity contribution is 5.82. The highest BCUT2D eigenvalue weighted by Crippen LogP contribution is 2.35. The molecule has 1 aromatic carbocycles. The fourth-order valence-corrected chi connectivity index (χ4v) is 2.06. The van der Waals surface area contributed by atoms with E-state index < -0.39 is 5.41 Å². The second kappa shape index (κ2) is 5.24. The summed E-state index contributed by atoms with van der Waals surface area (Å²) in [5, 5.41) is 0. The van der Waals surface area contributed by atoms with Gasteiger partial charge in [-0.25, -0.2) is 0 Å². The van der Waals surface area contributed by atoms with E-state index in [0.717, 1.165) is 16.9 Å². The minimum absolute atomic E-state index is 0.0481. The van der Waals surface area contributed by atoms with E-state index in [9.17, 15) is 4.79 Å². The van der Waals surface area contributed by atoms with Gasteiger partial charge in [0.05, 0.1) is 19.6 Å². The summed E-state index contributed by atoms with van der Waals surface area (Å²) in [6.07, 6.45) is 0. The zero-order valence-electron chi connectivity index (χ0n) is 13.0. The SMILES string of the molecule is COC(=O)C(C)(C)c1ccc(OC)c(C(C)(C)C)c1. The van der Waals surface area contributed by atoms with Crippen molar-refractivity contribution >= 4 is 5.97 Å². The summed E-state index contributed by atoms with van der Waals surface area (Å²) in [6, 6.07) is 5.88. The third kappa shape index (κ3) is 3.09. The molecule has 3 nitrogen and oxygen atoms in total. The molecule has 0 fully saturated rings. The predicted octanol–water partition coefficient (Wildman–Crippen LogP) is 3.44. The first-order valence-corrected chi connectivity index (χ1v) is 6.42. The van der Waals surface area contributed by atoms with Gasteiger partial charge < -0.3 is 9.47 Å². The normalized spacial score (nSPS) is 12.2. The Morgan fingerprint density at radius 3 is 2.05 bits per heavy atom. The van der Waals surface area contributed by atoms with Crippen LogP contribution in [0, 0.1) is 0 Å². The van der Waals surface area contributed by atoms with Crippen LogP contribution in [-0.2, 0) is 20.4 Å². The molecule has 19 heavy (non-hydrogen) atoms. The second-order valence-corrected chi connectivity index (χ2v) is 6.28. The van der Waals surface area contributed by atoms with Gasteiger partial charge in [0, 0.05) is 0 Å². The molecule has 3 heteroatoms. The van der Waals surface area contributed by atoms with Crippen LogP contribution in [0.1, 0.15) is 45.7 Å². The van der Waals surface area contributed by atoms with Crippen LogP contribution < -0.4 is 4.74 Å². The second-order valence-electron chi connectivity index (χ2n) is 6.28. The topological polar surface area (TPSA) is 35.5 Å². The highest BCUT2D eigenvalue weighted by Gasteiger charge is 2.32. The van der Waals surface area contributed by atoms with E-state index in [1.165, 1.54) is 7.11 Å². The minimum Gasteiger partial charge on any atom is -0.496 e. The Hall–Kier alpha value is -1.51. The molecule has 1 aromatic rings. The summed E-state index contributed by atoms with van der Waals surface area (Å²) in [5.74, 6) is 0.606. The molecule has 0 amide bonds. The van der Waals surface area contributed by atoms with Gasteiger partial charge in [-0.3, -0.25) is 4.79 Å². The van der Waals surface area contributed by atoms with Crippen molar-refractivity contribution in [2.75, 3.05) is 14.2 Å². The number of esters is 1. The average molecular weight is 264 g/mol. The summed E-state index contributed by atoms with van der Waals surface area (Å²) >= 11 is 0. The molecule has 0 aliphatic rings. The van der Waals surface area contributed by atoms with Crippen LogP contribution in [0.5, 0.6) is 5.75 Å². The zero-order chi connectivity index (χ0) is 14.8. The number of benzene rings is 1. The molecule has 0 spiro atoms. The number of ether oxygens (including phenoxy) is 2. The van der Waals surface area contributed by atoms with Gasteiger partial charge in [0.15, 0.2) is 0 Å². The lowest BCUT2D eigenvalue weighted by atomic mass is 9.79. The molecule has 0 aliphatic heterocycles. The molecule has 0 aromatic heterocycles. The van der Waals surface area contributed by atoms with Crippen molar-refractivity contribution in [3.63, 3.8) is 0 Å². The van der Waals surface area contributed by atoms with Crippen LogP contribution in [0.4, 0.5) is 0 Å². The Labute approximate surface area is 115 Å². The van der Waals surface area contributed by atoms with Crippen molar-refractivity contribution in [3.05, 3.63) is 29.3 Å². The molecule has 0 radical (unpaired) electrons. The summed E-state index contributed by atoms with van der Waals surface area (Å²) < 4.78 is 10.3. The quantitative estimate of drug-likeness (QED) is 0.784. The lowest BCUT2D eigenvalue weighted by Crippen LogP contribution is -2.30. The maximum absolute atomic E-state index is 11.9. The van der Waals surface area contributed by atoms with Crippen LogP contribution in [0.15, 0.2) is 18.2 Å². The Morgan fingerprint density at radius 2 is 1.63 bits per heavy atom. The number of methoxy groups -OCH3 is 2. The molecular formula is C16H24O3. The van der Waals surface area contributed by atoms with Crippen LogP contribution in [-0.4, -0.2) is 20.2 Å². The lowest BCUT2D eigenvalue weighted by molar-refractivity contribution is -0.146. The standard InChI is InChI=1S/C16H24O3/c1-15(2,3)12-10-11(8-9-13(12)18-6)16(4,5)14(17)19-7/h8-10H,1-7H3. The molecule has 1 rings (SSSR count). The Kier molecular flexibility index (Phi) is 4.28. The van der Waals surface area contributed by atoms with Crippen molar-refractivity contribution in [2.24, 2.45) is 0 Å². The number of hydrogen-bond acceptors (Lipinski definition) is 3. The lowest BCUT2D eigenvalue weighted by Gasteiger charge is -2.27. The number of hydrogen-bond donors (Lipinski definition) is 0. The van der Waals surface area contributed by atoms with Gasteiger partial charge in [-0.15, -0.1) is 0 Å². The van der Waals surface area contributed by atoms with Gasteiger partial charge in [-0.1, -0.05) is 32.9 Å². The third-order valence-electron chi connectivity index (χ3n) is 3.42. The number of carbonyl (C=O) groups is 1. The van der Waals surface area contributed by atoms with Crippen molar-refractivity contribution in [1.82, 2.24) is 0 Å². The molecule has 0 atom stereocenters. The summed E-state index contributed by atoms with van der Waals surface area (Å²) in [7, 11) is 3.08. The van der Waals surface area contributed by atoms with Crippen molar-refractivity contribution in [3.8, 4) is 5.75 Å². The van der Waals surface area contributed by atoms with Gasteiger partial charge in [-0.05, 0) is 36.5 Å². The predicted molar refractivity (Wildman–Crippen MR) is 76.7 cm³/mol. The van der Waals surface area contributed by atoms with E-state index in [0.29, 0.717) is 0 Å². The molecular weight excluding hydrogens is 240 g/mol. The largest absolute Gasteiger partial charge is 0.496 e. The van der Waals surface area contributed by atoms with Crippen molar-refractivity contribution < 1.29 is 14.3 Å². The molecule has 0 N–H and O–H groups in total. The Bertz CT molecular complexity index is 467. The van der Waals surface area contributed by atoms with Crippen LogP contribution in [0.3, 0.4) is 0 Å². The Morgan fingerprint density at radius 1 is 1.05 bits per heavy atom. The molecule has 0 unspecified atom stereocenters.